The Kier molecular flexibility index (Phi) is 7.04. The fraction of sp³-hybridized carbons (Fsp3) is 0.524. The van der Waals surface area contributed by atoms with Crippen LogP contribution in [0.3, 0.4) is 0 Å². The highest BCUT2D eigenvalue weighted by Crippen LogP contribution is 2.38. The van der Waals surface area contributed by atoms with Crippen LogP contribution in [0.4, 0.5) is 5.69 Å². The minimum absolute atomic E-state index is 0.0219. The first-order valence-corrected chi connectivity index (χ1v) is 10.2. The average Bonchev–Trinajstić information content (AvgIpc) is 3.51. The molecule has 9 heteroatoms. The molecule has 0 aromatic heterocycles. The van der Waals surface area contributed by atoms with E-state index in [0.29, 0.717) is 24.3 Å². The van der Waals surface area contributed by atoms with Gasteiger partial charge in [0.2, 0.25) is 17.7 Å². The van der Waals surface area contributed by atoms with E-state index in [1.54, 1.807) is 31.4 Å². The van der Waals surface area contributed by atoms with Crippen LogP contribution in [0.2, 0.25) is 0 Å². The van der Waals surface area contributed by atoms with Gasteiger partial charge in [0.25, 0.3) is 5.91 Å². The van der Waals surface area contributed by atoms with Crippen molar-refractivity contribution in [2.75, 3.05) is 25.6 Å². The SMILES string of the molecule is CCC(CNC(=O)C[C@@H]1NC(=O)c2ccccc2NC1=O)NC(=O)[C@@H]1C[C@H]1COC. The van der Waals surface area contributed by atoms with E-state index in [4.69, 9.17) is 4.74 Å². The number of nitrogens with one attached hydrogen (secondary N) is 4. The van der Waals surface area contributed by atoms with Crippen LogP contribution in [0.1, 0.15) is 36.5 Å². The van der Waals surface area contributed by atoms with E-state index in [0.717, 1.165) is 6.42 Å². The molecular formula is C21H28N4O5. The van der Waals surface area contributed by atoms with Crippen LogP contribution < -0.4 is 21.3 Å². The number of ether oxygens (including phenoxy) is 1. The van der Waals surface area contributed by atoms with Gasteiger partial charge in [0.05, 0.1) is 17.7 Å². The van der Waals surface area contributed by atoms with Gasteiger partial charge in [-0.2, -0.15) is 0 Å². The Morgan fingerprint density at radius 2 is 2.03 bits per heavy atom. The number of carbonyl (C=O) groups excluding carboxylic acids is 4. The highest BCUT2D eigenvalue weighted by atomic mass is 16.5. The summed E-state index contributed by atoms with van der Waals surface area (Å²) >= 11 is 0. The molecule has 1 heterocycles. The predicted octanol–water partition coefficient (Wildman–Crippen LogP) is 0.421. The third kappa shape index (κ3) is 5.35. The Labute approximate surface area is 175 Å². The topological polar surface area (TPSA) is 126 Å². The minimum Gasteiger partial charge on any atom is -0.384 e. The summed E-state index contributed by atoms with van der Waals surface area (Å²) in [5.41, 5.74) is 0.776. The molecule has 1 saturated carbocycles. The van der Waals surface area contributed by atoms with Crippen molar-refractivity contribution in [3.63, 3.8) is 0 Å². The van der Waals surface area contributed by atoms with Crippen molar-refractivity contribution in [2.24, 2.45) is 11.8 Å². The summed E-state index contributed by atoms with van der Waals surface area (Å²) in [4.78, 5) is 49.4. The quantitative estimate of drug-likeness (QED) is 0.464. The molecule has 30 heavy (non-hydrogen) atoms. The maximum absolute atomic E-state index is 12.4. The number of para-hydroxylation sites is 1. The number of fused-ring (bicyclic) bond motifs is 1. The first-order valence-electron chi connectivity index (χ1n) is 10.2. The smallest absolute Gasteiger partial charge is 0.254 e. The lowest BCUT2D eigenvalue weighted by Crippen LogP contribution is -2.47. The molecular weight excluding hydrogens is 388 g/mol. The number of carbonyl (C=O) groups is 4. The molecule has 4 atom stereocenters. The van der Waals surface area contributed by atoms with E-state index in [-0.39, 0.29) is 42.7 Å². The van der Waals surface area contributed by atoms with Gasteiger partial charge in [-0.15, -0.1) is 0 Å². The van der Waals surface area contributed by atoms with Gasteiger partial charge >= 0.3 is 0 Å². The molecule has 0 saturated heterocycles. The van der Waals surface area contributed by atoms with Crippen LogP contribution in [0, 0.1) is 11.8 Å². The number of amides is 4. The third-order valence-corrected chi connectivity index (χ3v) is 5.47. The lowest BCUT2D eigenvalue weighted by atomic mass is 10.1. The van der Waals surface area contributed by atoms with Gasteiger partial charge in [-0.3, -0.25) is 19.2 Å². The zero-order chi connectivity index (χ0) is 21.7. The Bertz CT molecular complexity index is 827. The second kappa shape index (κ2) is 9.71. The summed E-state index contributed by atoms with van der Waals surface area (Å²) in [7, 11) is 1.62. The highest BCUT2D eigenvalue weighted by molar-refractivity contribution is 6.10. The lowest BCUT2D eigenvalue weighted by Gasteiger charge is -2.19. The number of hydrogen-bond acceptors (Lipinski definition) is 5. The summed E-state index contributed by atoms with van der Waals surface area (Å²) in [5, 5.41) is 11.0. The van der Waals surface area contributed by atoms with Gasteiger partial charge in [0.1, 0.15) is 6.04 Å². The summed E-state index contributed by atoms with van der Waals surface area (Å²) < 4.78 is 5.07. The molecule has 1 unspecified atom stereocenters. The standard InChI is InChI=1S/C21H28N4O5/c1-3-13(23-20(28)15-8-12(15)11-30-2)10-22-18(26)9-17-21(29)24-16-7-5-4-6-14(16)19(27)25-17/h4-7,12-13,15,17H,3,8-11H2,1-2H3,(H,22,26)(H,23,28)(H,24,29)(H,25,27)/t12-,13?,15+,17-/m0/s1. The molecule has 2 aliphatic rings. The molecule has 1 aromatic carbocycles. The largest absolute Gasteiger partial charge is 0.384 e. The van der Waals surface area contributed by atoms with Crippen LogP contribution in [0.5, 0.6) is 0 Å². The molecule has 3 rings (SSSR count). The number of methoxy groups -OCH3 is 1. The lowest BCUT2D eigenvalue weighted by molar-refractivity contribution is -0.126. The molecule has 0 radical (unpaired) electrons. The zero-order valence-corrected chi connectivity index (χ0v) is 17.2. The molecule has 4 N–H and O–H groups in total. The number of hydrogen-bond donors (Lipinski definition) is 4. The number of anilines is 1. The summed E-state index contributed by atoms with van der Waals surface area (Å²) in [6.45, 7) is 2.75. The highest BCUT2D eigenvalue weighted by Gasteiger charge is 2.43. The molecule has 1 aromatic rings. The van der Waals surface area contributed by atoms with Gasteiger partial charge in [-0.05, 0) is 30.9 Å². The van der Waals surface area contributed by atoms with Crippen LogP contribution in [-0.2, 0) is 19.1 Å². The van der Waals surface area contributed by atoms with Crippen LogP contribution in [-0.4, -0.2) is 56.0 Å². The second-order valence-corrected chi connectivity index (χ2v) is 7.74. The van der Waals surface area contributed by atoms with Crippen molar-refractivity contribution in [1.82, 2.24) is 16.0 Å². The fourth-order valence-electron chi connectivity index (χ4n) is 3.52. The Morgan fingerprint density at radius 1 is 1.27 bits per heavy atom. The molecule has 0 bridgehead atoms. The van der Waals surface area contributed by atoms with Gasteiger partial charge in [-0.25, -0.2) is 0 Å². The Balaban J connectivity index is 1.47. The molecule has 9 nitrogen and oxygen atoms in total. The van der Waals surface area contributed by atoms with E-state index in [9.17, 15) is 19.2 Å². The monoisotopic (exact) mass is 416 g/mol. The predicted molar refractivity (Wildman–Crippen MR) is 110 cm³/mol. The van der Waals surface area contributed by atoms with Crippen LogP contribution >= 0.6 is 0 Å². The normalized spacial score (nSPS) is 23.3. The van der Waals surface area contributed by atoms with Crippen LogP contribution in [0.25, 0.3) is 0 Å². The van der Waals surface area contributed by atoms with Crippen molar-refractivity contribution in [3.8, 4) is 0 Å². The van der Waals surface area contributed by atoms with Crippen molar-refractivity contribution in [1.29, 1.82) is 0 Å². The third-order valence-electron chi connectivity index (χ3n) is 5.47. The van der Waals surface area contributed by atoms with E-state index in [1.165, 1.54) is 0 Å². The second-order valence-electron chi connectivity index (χ2n) is 7.74. The summed E-state index contributed by atoms with van der Waals surface area (Å²) in [6, 6.07) is 5.50. The molecule has 0 spiro atoms. The number of benzene rings is 1. The van der Waals surface area contributed by atoms with Crippen molar-refractivity contribution in [3.05, 3.63) is 29.8 Å². The summed E-state index contributed by atoms with van der Waals surface area (Å²) in [6.07, 6.45) is 1.29. The molecule has 162 valence electrons. The Morgan fingerprint density at radius 3 is 2.77 bits per heavy atom. The maximum atomic E-state index is 12.4. The van der Waals surface area contributed by atoms with Crippen LogP contribution in [0.15, 0.2) is 24.3 Å². The minimum atomic E-state index is -0.971. The van der Waals surface area contributed by atoms with E-state index < -0.39 is 17.9 Å². The van der Waals surface area contributed by atoms with Crippen molar-refractivity contribution in [2.45, 2.75) is 38.3 Å². The summed E-state index contributed by atoms with van der Waals surface area (Å²) in [5.74, 6) is -1.01. The van der Waals surface area contributed by atoms with Gasteiger partial charge in [0.15, 0.2) is 0 Å². The number of rotatable bonds is 9. The first-order chi connectivity index (χ1) is 14.4. The van der Waals surface area contributed by atoms with Gasteiger partial charge < -0.3 is 26.0 Å². The molecule has 4 amide bonds. The van der Waals surface area contributed by atoms with Gasteiger partial charge in [-0.1, -0.05) is 19.1 Å². The first kappa shape index (κ1) is 21.8. The maximum Gasteiger partial charge on any atom is 0.254 e. The average molecular weight is 416 g/mol. The molecule has 1 fully saturated rings. The van der Waals surface area contributed by atoms with Gasteiger partial charge in [0, 0.05) is 32.2 Å². The van der Waals surface area contributed by atoms with E-state index >= 15 is 0 Å². The van der Waals surface area contributed by atoms with E-state index in [1.807, 2.05) is 6.92 Å². The zero-order valence-electron chi connectivity index (χ0n) is 17.2. The van der Waals surface area contributed by atoms with E-state index in [2.05, 4.69) is 21.3 Å². The fourth-order valence-corrected chi connectivity index (χ4v) is 3.52. The van der Waals surface area contributed by atoms with Crippen molar-refractivity contribution < 1.29 is 23.9 Å². The molecule has 1 aliphatic carbocycles. The Hall–Kier alpha value is -2.94. The van der Waals surface area contributed by atoms with Crippen molar-refractivity contribution >= 4 is 29.3 Å². The molecule has 1 aliphatic heterocycles.